The fourth-order valence-electron chi connectivity index (χ4n) is 3.57. The Kier molecular flexibility index (Phi) is 4.11. The van der Waals surface area contributed by atoms with Crippen molar-refractivity contribution in [3.05, 3.63) is 0 Å². The highest BCUT2D eigenvalue weighted by Gasteiger charge is 2.41. The van der Waals surface area contributed by atoms with Crippen molar-refractivity contribution in [2.75, 3.05) is 39.8 Å². The Morgan fingerprint density at radius 1 is 1.12 bits per heavy atom. The first-order chi connectivity index (χ1) is 8.07. The number of piperazine rings is 1. The summed E-state index contributed by atoms with van der Waals surface area (Å²) in [4.78, 5) is 5.12. The molecule has 100 valence electrons. The molecule has 0 amide bonds. The zero-order valence-electron chi connectivity index (χ0n) is 11.8. The lowest BCUT2D eigenvalue weighted by atomic mass is 9.70. The number of hydrogen-bond acceptors (Lipinski definition) is 3. The fraction of sp³-hybridized carbons (Fsp3) is 1.00. The maximum atomic E-state index is 6.16. The highest BCUT2D eigenvalue weighted by Crippen LogP contribution is 2.39. The van der Waals surface area contributed by atoms with Gasteiger partial charge in [0, 0.05) is 38.3 Å². The van der Waals surface area contributed by atoms with Gasteiger partial charge in [-0.05, 0) is 38.1 Å². The van der Waals surface area contributed by atoms with Gasteiger partial charge in [-0.2, -0.15) is 0 Å². The Balaban J connectivity index is 2.04. The van der Waals surface area contributed by atoms with Crippen molar-refractivity contribution in [2.45, 2.75) is 38.6 Å². The highest BCUT2D eigenvalue weighted by atomic mass is 15.3. The van der Waals surface area contributed by atoms with Crippen molar-refractivity contribution in [3.8, 4) is 0 Å². The van der Waals surface area contributed by atoms with Crippen molar-refractivity contribution >= 4 is 0 Å². The third-order valence-electron chi connectivity index (χ3n) is 5.29. The minimum Gasteiger partial charge on any atom is -0.329 e. The summed E-state index contributed by atoms with van der Waals surface area (Å²) in [6.07, 6.45) is 3.96. The first-order valence-corrected chi connectivity index (χ1v) is 7.21. The molecule has 2 fully saturated rings. The molecule has 0 bridgehead atoms. The second-order valence-electron chi connectivity index (χ2n) is 6.42. The van der Waals surface area contributed by atoms with Gasteiger partial charge in [-0.1, -0.05) is 13.8 Å². The third-order valence-corrected chi connectivity index (χ3v) is 5.29. The number of hydrogen-bond donors (Lipinski definition) is 1. The quantitative estimate of drug-likeness (QED) is 0.790. The lowest BCUT2D eigenvalue weighted by molar-refractivity contribution is -0.00620. The van der Waals surface area contributed by atoms with Crippen LogP contribution in [0.2, 0.25) is 0 Å². The zero-order chi connectivity index (χ0) is 12.5. The molecule has 1 heterocycles. The maximum Gasteiger partial charge on any atom is 0.0335 e. The average molecular weight is 239 g/mol. The van der Waals surface area contributed by atoms with Gasteiger partial charge in [0.15, 0.2) is 0 Å². The molecule has 2 N–H and O–H groups in total. The van der Waals surface area contributed by atoms with Gasteiger partial charge < -0.3 is 10.6 Å². The molecule has 1 saturated carbocycles. The van der Waals surface area contributed by atoms with E-state index < -0.39 is 0 Å². The van der Waals surface area contributed by atoms with Crippen LogP contribution in [-0.2, 0) is 0 Å². The van der Waals surface area contributed by atoms with E-state index in [-0.39, 0.29) is 0 Å². The Morgan fingerprint density at radius 3 is 2.29 bits per heavy atom. The van der Waals surface area contributed by atoms with Gasteiger partial charge in [0.05, 0.1) is 0 Å². The van der Waals surface area contributed by atoms with Gasteiger partial charge in [0.1, 0.15) is 0 Å². The Hall–Kier alpha value is -0.120. The summed E-state index contributed by atoms with van der Waals surface area (Å²) in [6, 6.07) is 0. The van der Waals surface area contributed by atoms with Crippen LogP contribution in [0.3, 0.4) is 0 Å². The van der Waals surface area contributed by atoms with Gasteiger partial charge in [-0.15, -0.1) is 0 Å². The lowest BCUT2D eigenvalue weighted by Gasteiger charge is -2.51. The van der Waals surface area contributed by atoms with Gasteiger partial charge >= 0.3 is 0 Å². The maximum absolute atomic E-state index is 6.16. The first kappa shape index (κ1) is 13.3. The Labute approximate surface area is 106 Å². The molecular weight excluding hydrogens is 210 g/mol. The molecule has 1 aliphatic carbocycles. The Morgan fingerprint density at radius 2 is 1.76 bits per heavy atom. The lowest BCUT2D eigenvalue weighted by Crippen LogP contribution is -2.61. The number of nitrogens with two attached hydrogens (primary N) is 1. The van der Waals surface area contributed by atoms with Crippen LogP contribution in [0, 0.1) is 11.8 Å². The van der Waals surface area contributed by atoms with E-state index in [9.17, 15) is 0 Å². The van der Waals surface area contributed by atoms with Crippen LogP contribution in [0.4, 0.5) is 0 Å². The second-order valence-corrected chi connectivity index (χ2v) is 6.42. The first-order valence-electron chi connectivity index (χ1n) is 7.21. The molecule has 1 saturated heterocycles. The molecule has 0 aromatic heterocycles. The van der Waals surface area contributed by atoms with Crippen molar-refractivity contribution in [3.63, 3.8) is 0 Å². The predicted octanol–water partition coefficient (Wildman–Crippen LogP) is 1.39. The van der Waals surface area contributed by atoms with E-state index >= 15 is 0 Å². The standard InChI is InChI=1S/C14H29N3/c1-12-4-5-14(11-15,10-13(12)2)17-8-6-16(3)7-9-17/h12-13H,4-11,15H2,1-3H3. The number of nitrogens with zero attached hydrogens (tertiary/aromatic N) is 2. The molecule has 2 rings (SSSR count). The summed E-state index contributed by atoms with van der Waals surface area (Å²) in [5.41, 5.74) is 6.47. The van der Waals surface area contributed by atoms with E-state index in [1.54, 1.807) is 0 Å². The van der Waals surface area contributed by atoms with E-state index in [2.05, 4.69) is 30.7 Å². The number of rotatable bonds is 2. The van der Waals surface area contributed by atoms with Crippen LogP contribution in [-0.4, -0.2) is 55.1 Å². The third kappa shape index (κ3) is 2.67. The molecule has 17 heavy (non-hydrogen) atoms. The molecule has 0 aromatic carbocycles. The molecule has 2 aliphatic rings. The molecule has 0 spiro atoms. The van der Waals surface area contributed by atoms with Crippen molar-refractivity contribution in [2.24, 2.45) is 17.6 Å². The predicted molar refractivity (Wildman–Crippen MR) is 73.0 cm³/mol. The van der Waals surface area contributed by atoms with Crippen LogP contribution in [0.15, 0.2) is 0 Å². The van der Waals surface area contributed by atoms with Gasteiger partial charge in [-0.3, -0.25) is 4.90 Å². The van der Waals surface area contributed by atoms with E-state index in [0.717, 1.165) is 18.4 Å². The van der Waals surface area contributed by atoms with Crippen molar-refractivity contribution in [1.82, 2.24) is 9.80 Å². The normalized spacial score (nSPS) is 41.6. The van der Waals surface area contributed by atoms with E-state index in [1.165, 1.54) is 45.4 Å². The van der Waals surface area contributed by atoms with Crippen LogP contribution < -0.4 is 5.73 Å². The van der Waals surface area contributed by atoms with E-state index in [0.29, 0.717) is 5.54 Å². The average Bonchev–Trinajstić information content (AvgIpc) is 2.34. The van der Waals surface area contributed by atoms with Crippen molar-refractivity contribution in [1.29, 1.82) is 0 Å². The monoisotopic (exact) mass is 239 g/mol. The summed E-state index contributed by atoms with van der Waals surface area (Å²) >= 11 is 0. The molecule has 3 nitrogen and oxygen atoms in total. The summed E-state index contributed by atoms with van der Waals surface area (Å²) in [7, 11) is 2.22. The summed E-state index contributed by atoms with van der Waals surface area (Å²) in [5.74, 6) is 1.70. The molecule has 3 atom stereocenters. The van der Waals surface area contributed by atoms with E-state index in [4.69, 9.17) is 5.73 Å². The highest BCUT2D eigenvalue weighted by molar-refractivity contribution is 4.98. The SMILES string of the molecule is CC1CCC(CN)(N2CCN(C)CC2)CC1C. The molecular formula is C14H29N3. The topological polar surface area (TPSA) is 32.5 Å². The van der Waals surface area contributed by atoms with Crippen LogP contribution in [0.1, 0.15) is 33.1 Å². The van der Waals surface area contributed by atoms with Gasteiger partial charge in [0.2, 0.25) is 0 Å². The van der Waals surface area contributed by atoms with Crippen molar-refractivity contribution < 1.29 is 0 Å². The summed E-state index contributed by atoms with van der Waals surface area (Å²) < 4.78 is 0. The largest absolute Gasteiger partial charge is 0.329 e. The van der Waals surface area contributed by atoms with Crippen LogP contribution in [0.25, 0.3) is 0 Å². The summed E-state index contributed by atoms with van der Waals surface area (Å²) in [5, 5.41) is 0. The molecule has 1 aliphatic heterocycles. The molecule has 0 radical (unpaired) electrons. The second kappa shape index (κ2) is 5.25. The van der Waals surface area contributed by atoms with Crippen LogP contribution in [0.5, 0.6) is 0 Å². The number of likely N-dealkylation sites (N-methyl/N-ethyl adjacent to an activating group) is 1. The van der Waals surface area contributed by atoms with Crippen LogP contribution >= 0.6 is 0 Å². The molecule has 0 aromatic rings. The fourth-order valence-corrected chi connectivity index (χ4v) is 3.57. The minimum atomic E-state index is 0.313. The van der Waals surface area contributed by atoms with Gasteiger partial charge in [-0.25, -0.2) is 0 Å². The van der Waals surface area contributed by atoms with E-state index in [1.807, 2.05) is 0 Å². The molecule has 3 unspecified atom stereocenters. The molecule has 3 heteroatoms. The minimum absolute atomic E-state index is 0.313. The Bertz CT molecular complexity index is 248. The smallest absolute Gasteiger partial charge is 0.0335 e. The van der Waals surface area contributed by atoms with Gasteiger partial charge in [0.25, 0.3) is 0 Å². The summed E-state index contributed by atoms with van der Waals surface area (Å²) in [6.45, 7) is 10.5. The zero-order valence-corrected chi connectivity index (χ0v) is 11.8.